The molecule has 2 heterocycles. The Balaban J connectivity index is 1.56. The fraction of sp³-hybridized carbons (Fsp3) is 0.611. The lowest BCUT2D eigenvalue weighted by molar-refractivity contribution is -0.120. The van der Waals surface area contributed by atoms with Crippen LogP contribution in [0.5, 0.6) is 0 Å². The standard InChI is InChI=1S/C18H25ClN2O3/c19-16-4-2-1-3-14(16)11-18(22)20-12-17(15-5-8-24-13-15)21-6-9-23-10-7-21/h1-4,15,17H,5-13H2,(H,20,22)/t15-,17-/m1/s1. The predicted molar refractivity (Wildman–Crippen MR) is 93.3 cm³/mol. The van der Waals surface area contributed by atoms with E-state index in [9.17, 15) is 4.79 Å². The molecule has 0 spiro atoms. The van der Waals surface area contributed by atoms with Crippen molar-refractivity contribution in [2.24, 2.45) is 5.92 Å². The monoisotopic (exact) mass is 352 g/mol. The highest BCUT2D eigenvalue weighted by atomic mass is 35.5. The lowest BCUT2D eigenvalue weighted by Crippen LogP contribution is -2.52. The van der Waals surface area contributed by atoms with Gasteiger partial charge in [-0.15, -0.1) is 0 Å². The van der Waals surface area contributed by atoms with Crippen LogP contribution < -0.4 is 5.32 Å². The van der Waals surface area contributed by atoms with Crippen LogP contribution >= 0.6 is 11.6 Å². The Morgan fingerprint density at radius 1 is 1.25 bits per heavy atom. The fourth-order valence-electron chi connectivity index (χ4n) is 3.45. The molecule has 5 nitrogen and oxygen atoms in total. The summed E-state index contributed by atoms with van der Waals surface area (Å²) >= 11 is 6.14. The number of halogens is 1. The molecule has 2 fully saturated rings. The molecule has 132 valence electrons. The number of hydrogen-bond acceptors (Lipinski definition) is 4. The summed E-state index contributed by atoms with van der Waals surface area (Å²) in [5.41, 5.74) is 0.865. The maximum atomic E-state index is 12.3. The summed E-state index contributed by atoms with van der Waals surface area (Å²) in [6.45, 7) is 5.61. The molecule has 1 aromatic rings. The number of nitrogens with zero attached hydrogens (tertiary/aromatic N) is 1. The van der Waals surface area contributed by atoms with Crippen molar-refractivity contribution in [3.05, 3.63) is 34.9 Å². The zero-order valence-corrected chi connectivity index (χ0v) is 14.6. The summed E-state index contributed by atoms with van der Waals surface area (Å²) in [6, 6.07) is 7.80. The SMILES string of the molecule is O=C(Cc1ccccc1Cl)NC[C@H]([C@@H]1CCOC1)N1CCOCC1. The number of hydrogen-bond donors (Lipinski definition) is 1. The number of rotatable bonds is 6. The van der Waals surface area contributed by atoms with E-state index < -0.39 is 0 Å². The Labute approximate surface area is 148 Å². The van der Waals surface area contributed by atoms with Crippen molar-refractivity contribution < 1.29 is 14.3 Å². The number of carbonyl (C=O) groups excluding carboxylic acids is 1. The summed E-state index contributed by atoms with van der Waals surface area (Å²) < 4.78 is 11.0. The van der Waals surface area contributed by atoms with E-state index in [0.717, 1.165) is 51.5 Å². The van der Waals surface area contributed by atoms with Crippen LogP contribution in [0.2, 0.25) is 5.02 Å². The van der Waals surface area contributed by atoms with Crippen molar-refractivity contribution >= 4 is 17.5 Å². The number of benzene rings is 1. The molecular formula is C18H25ClN2O3. The van der Waals surface area contributed by atoms with Crippen LogP contribution in [-0.2, 0) is 20.7 Å². The van der Waals surface area contributed by atoms with E-state index in [1.807, 2.05) is 24.3 Å². The first-order valence-corrected chi connectivity index (χ1v) is 9.01. The molecule has 1 amide bonds. The molecule has 3 rings (SSSR count). The maximum Gasteiger partial charge on any atom is 0.224 e. The van der Waals surface area contributed by atoms with Crippen LogP contribution in [0, 0.1) is 5.92 Å². The second-order valence-electron chi connectivity index (χ2n) is 6.41. The highest BCUT2D eigenvalue weighted by Gasteiger charge is 2.31. The van der Waals surface area contributed by atoms with E-state index in [1.165, 1.54) is 0 Å². The summed E-state index contributed by atoms with van der Waals surface area (Å²) in [5, 5.41) is 3.74. The van der Waals surface area contributed by atoms with Gasteiger partial charge in [0.25, 0.3) is 0 Å². The van der Waals surface area contributed by atoms with Gasteiger partial charge in [0.2, 0.25) is 5.91 Å². The largest absolute Gasteiger partial charge is 0.381 e. The number of carbonyl (C=O) groups is 1. The van der Waals surface area contributed by atoms with Gasteiger partial charge in [0.05, 0.1) is 26.2 Å². The van der Waals surface area contributed by atoms with Crippen LogP contribution in [0.1, 0.15) is 12.0 Å². The Bertz CT molecular complexity index is 543. The smallest absolute Gasteiger partial charge is 0.224 e. The number of amides is 1. The lowest BCUT2D eigenvalue weighted by Gasteiger charge is -2.37. The van der Waals surface area contributed by atoms with Gasteiger partial charge in [0, 0.05) is 43.2 Å². The fourth-order valence-corrected chi connectivity index (χ4v) is 3.66. The molecule has 0 aromatic heterocycles. The summed E-state index contributed by atoms with van der Waals surface area (Å²) in [5.74, 6) is 0.490. The molecule has 2 aliphatic heterocycles. The zero-order valence-electron chi connectivity index (χ0n) is 13.9. The quantitative estimate of drug-likeness (QED) is 0.847. The van der Waals surface area contributed by atoms with E-state index >= 15 is 0 Å². The van der Waals surface area contributed by atoms with Crippen LogP contribution in [0.3, 0.4) is 0 Å². The van der Waals surface area contributed by atoms with Crippen LogP contribution in [-0.4, -0.2) is 62.9 Å². The van der Waals surface area contributed by atoms with E-state index in [-0.39, 0.29) is 5.91 Å². The van der Waals surface area contributed by atoms with Crippen LogP contribution in [0.4, 0.5) is 0 Å². The van der Waals surface area contributed by atoms with Crippen LogP contribution in [0.25, 0.3) is 0 Å². The molecule has 1 N–H and O–H groups in total. The van der Waals surface area contributed by atoms with Crippen molar-refractivity contribution in [3.63, 3.8) is 0 Å². The molecule has 6 heteroatoms. The van der Waals surface area contributed by atoms with Gasteiger partial charge in [0.1, 0.15) is 0 Å². The third kappa shape index (κ3) is 4.70. The number of nitrogens with one attached hydrogen (secondary N) is 1. The predicted octanol–water partition coefficient (Wildman–Crippen LogP) is 1.74. The first kappa shape index (κ1) is 17.7. The minimum absolute atomic E-state index is 0.0141. The molecule has 1 aromatic carbocycles. The molecule has 0 radical (unpaired) electrons. The van der Waals surface area contributed by atoms with Crippen molar-refractivity contribution in [3.8, 4) is 0 Å². The number of ether oxygens (including phenoxy) is 2. The molecule has 2 aliphatic rings. The molecule has 0 aliphatic carbocycles. The highest BCUT2D eigenvalue weighted by molar-refractivity contribution is 6.31. The summed E-state index contributed by atoms with van der Waals surface area (Å²) in [7, 11) is 0. The lowest BCUT2D eigenvalue weighted by atomic mass is 9.96. The van der Waals surface area contributed by atoms with Gasteiger partial charge in [-0.25, -0.2) is 0 Å². The van der Waals surface area contributed by atoms with E-state index in [2.05, 4.69) is 10.2 Å². The first-order chi connectivity index (χ1) is 11.7. The second kappa shape index (κ2) is 8.81. The van der Waals surface area contributed by atoms with E-state index in [4.69, 9.17) is 21.1 Å². The van der Waals surface area contributed by atoms with Gasteiger partial charge >= 0.3 is 0 Å². The third-order valence-corrected chi connectivity index (χ3v) is 5.21. The molecular weight excluding hydrogens is 328 g/mol. The molecule has 0 unspecified atom stereocenters. The Kier molecular flexibility index (Phi) is 6.49. The average molecular weight is 353 g/mol. The molecule has 0 saturated carbocycles. The highest BCUT2D eigenvalue weighted by Crippen LogP contribution is 2.22. The van der Waals surface area contributed by atoms with E-state index in [0.29, 0.717) is 29.9 Å². The van der Waals surface area contributed by atoms with E-state index in [1.54, 1.807) is 0 Å². The molecule has 0 bridgehead atoms. The van der Waals surface area contributed by atoms with Crippen molar-refractivity contribution in [2.45, 2.75) is 18.9 Å². The van der Waals surface area contributed by atoms with Gasteiger partial charge < -0.3 is 14.8 Å². The zero-order chi connectivity index (χ0) is 16.8. The molecule has 24 heavy (non-hydrogen) atoms. The summed E-state index contributed by atoms with van der Waals surface area (Å²) in [4.78, 5) is 14.8. The van der Waals surface area contributed by atoms with Crippen LogP contribution in [0.15, 0.2) is 24.3 Å². The van der Waals surface area contributed by atoms with Crippen molar-refractivity contribution in [1.82, 2.24) is 10.2 Å². The topological polar surface area (TPSA) is 50.8 Å². The molecule has 2 saturated heterocycles. The third-order valence-electron chi connectivity index (χ3n) is 4.84. The van der Waals surface area contributed by atoms with Crippen molar-refractivity contribution in [2.75, 3.05) is 46.1 Å². The maximum absolute atomic E-state index is 12.3. The second-order valence-corrected chi connectivity index (χ2v) is 6.82. The summed E-state index contributed by atoms with van der Waals surface area (Å²) in [6.07, 6.45) is 1.37. The Morgan fingerprint density at radius 2 is 2.04 bits per heavy atom. The van der Waals surface area contributed by atoms with Gasteiger partial charge in [-0.2, -0.15) is 0 Å². The number of morpholine rings is 1. The average Bonchev–Trinajstić information content (AvgIpc) is 3.12. The van der Waals surface area contributed by atoms with Gasteiger partial charge in [-0.05, 0) is 18.1 Å². The Hall–Kier alpha value is -1.14. The van der Waals surface area contributed by atoms with Gasteiger partial charge in [-0.3, -0.25) is 9.69 Å². The van der Waals surface area contributed by atoms with Gasteiger partial charge in [0.15, 0.2) is 0 Å². The minimum atomic E-state index is 0.0141. The van der Waals surface area contributed by atoms with Crippen molar-refractivity contribution in [1.29, 1.82) is 0 Å². The molecule has 2 atom stereocenters. The Morgan fingerprint density at radius 3 is 2.75 bits per heavy atom. The minimum Gasteiger partial charge on any atom is -0.381 e. The first-order valence-electron chi connectivity index (χ1n) is 8.63. The normalized spacial score (nSPS) is 23.1. The van der Waals surface area contributed by atoms with Gasteiger partial charge in [-0.1, -0.05) is 29.8 Å².